The van der Waals surface area contributed by atoms with Crippen molar-refractivity contribution in [1.82, 2.24) is 4.90 Å². The number of hydrogen-bond donors (Lipinski definition) is 1. The summed E-state index contributed by atoms with van der Waals surface area (Å²) in [7, 11) is 1.62. The molecular formula is C11H12FNO2. The Labute approximate surface area is 87.1 Å². The van der Waals surface area contributed by atoms with Crippen LogP contribution in [-0.4, -0.2) is 29.1 Å². The van der Waals surface area contributed by atoms with Crippen LogP contribution in [0.25, 0.3) is 0 Å². The first-order valence-corrected chi connectivity index (χ1v) is 4.80. The number of likely N-dealkylation sites (N-methyl/N-ethyl adjacent to an activating group) is 1. The quantitative estimate of drug-likeness (QED) is 0.752. The van der Waals surface area contributed by atoms with Crippen molar-refractivity contribution in [3.8, 4) is 0 Å². The zero-order valence-electron chi connectivity index (χ0n) is 8.35. The number of hydrogen-bond acceptors (Lipinski definition) is 2. The van der Waals surface area contributed by atoms with E-state index < -0.39 is 6.10 Å². The Morgan fingerprint density at radius 3 is 2.80 bits per heavy atom. The highest BCUT2D eigenvalue weighted by molar-refractivity contribution is 5.83. The molecule has 0 radical (unpaired) electrons. The molecule has 0 spiro atoms. The molecule has 1 aromatic rings. The highest BCUT2D eigenvalue weighted by Crippen LogP contribution is 2.31. The lowest BCUT2D eigenvalue weighted by Gasteiger charge is -2.19. The van der Waals surface area contributed by atoms with Gasteiger partial charge in [0.25, 0.3) is 5.91 Å². The van der Waals surface area contributed by atoms with E-state index in [4.69, 9.17) is 0 Å². The summed E-state index contributed by atoms with van der Waals surface area (Å²) in [6.45, 7) is 0. The van der Waals surface area contributed by atoms with Crippen molar-refractivity contribution in [2.45, 2.75) is 18.6 Å². The molecule has 0 saturated carbocycles. The maximum Gasteiger partial charge on any atom is 0.251 e. The van der Waals surface area contributed by atoms with Gasteiger partial charge in [-0.2, -0.15) is 0 Å². The molecule has 1 N–H and O–H groups in total. The van der Waals surface area contributed by atoms with Gasteiger partial charge in [-0.05, 0) is 17.7 Å². The first kappa shape index (κ1) is 10.1. The number of carbonyl (C=O) groups is 1. The topological polar surface area (TPSA) is 40.5 Å². The maximum absolute atomic E-state index is 13.0. The summed E-state index contributed by atoms with van der Waals surface area (Å²) in [6, 6.07) is 5.90. The second kappa shape index (κ2) is 3.62. The summed E-state index contributed by atoms with van der Waals surface area (Å²) >= 11 is 0. The Morgan fingerprint density at radius 1 is 1.53 bits per heavy atom. The first-order chi connectivity index (χ1) is 7.09. The van der Waals surface area contributed by atoms with Crippen LogP contribution in [0.15, 0.2) is 24.3 Å². The molecule has 1 fully saturated rings. The van der Waals surface area contributed by atoms with Crippen LogP contribution in [0.2, 0.25) is 0 Å². The van der Waals surface area contributed by atoms with Crippen LogP contribution in [0.5, 0.6) is 0 Å². The molecule has 80 valence electrons. The third-order valence-electron chi connectivity index (χ3n) is 2.78. The van der Waals surface area contributed by atoms with Gasteiger partial charge in [-0.15, -0.1) is 0 Å². The van der Waals surface area contributed by atoms with Crippen molar-refractivity contribution in [2.24, 2.45) is 0 Å². The summed E-state index contributed by atoms with van der Waals surface area (Å²) in [5.74, 6) is -0.626. The molecule has 1 aliphatic heterocycles. The Morgan fingerprint density at radius 2 is 2.27 bits per heavy atom. The van der Waals surface area contributed by atoms with Gasteiger partial charge in [-0.1, -0.05) is 12.1 Å². The maximum atomic E-state index is 13.0. The molecule has 1 amide bonds. The third-order valence-corrected chi connectivity index (χ3v) is 2.78. The van der Waals surface area contributed by atoms with E-state index in [1.165, 1.54) is 17.0 Å². The number of nitrogens with zero attached hydrogens (tertiary/aromatic N) is 1. The highest BCUT2D eigenvalue weighted by atomic mass is 19.1. The van der Waals surface area contributed by atoms with Gasteiger partial charge in [0, 0.05) is 13.5 Å². The van der Waals surface area contributed by atoms with E-state index in [1.807, 2.05) is 0 Å². The van der Waals surface area contributed by atoms with Gasteiger partial charge in [0.1, 0.15) is 11.9 Å². The minimum absolute atomic E-state index is 0.219. The molecule has 0 unspecified atom stereocenters. The van der Waals surface area contributed by atoms with E-state index >= 15 is 0 Å². The van der Waals surface area contributed by atoms with E-state index in [9.17, 15) is 14.3 Å². The lowest BCUT2D eigenvalue weighted by atomic mass is 10.0. The molecule has 0 aromatic heterocycles. The van der Waals surface area contributed by atoms with E-state index in [2.05, 4.69) is 0 Å². The molecule has 1 saturated heterocycles. The SMILES string of the molecule is CN1C(=O)[C@@H](O)C[C@H]1c1cccc(F)c1. The van der Waals surface area contributed by atoms with Crippen molar-refractivity contribution >= 4 is 5.91 Å². The first-order valence-electron chi connectivity index (χ1n) is 4.80. The fraction of sp³-hybridized carbons (Fsp3) is 0.364. The second-order valence-corrected chi connectivity index (χ2v) is 3.77. The molecule has 4 heteroatoms. The average molecular weight is 209 g/mol. The van der Waals surface area contributed by atoms with Crippen molar-refractivity contribution in [2.75, 3.05) is 7.05 Å². The van der Waals surface area contributed by atoms with Crippen LogP contribution in [0.1, 0.15) is 18.0 Å². The zero-order chi connectivity index (χ0) is 11.0. The largest absolute Gasteiger partial charge is 0.383 e. The molecule has 2 atom stereocenters. The Balaban J connectivity index is 2.29. The molecular weight excluding hydrogens is 197 g/mol. The number of benzene rings is 1. The number of carbonyl (C=O) groups excluding carboxylic acids is 1. The summed E-state index contributed by atoms with van der Waals surface area (Å²) in [5, 5.41) is 9.38. The minimum Gasteiger partial charge on any atom is -0.383 e. The monoisotopic (exact) mass is 209 g/mol. The number of amides is 1. The molecule has 2 rings (SSSR count). The van der Waals surface area contributed by atoms with Crippen LogP contribution in [0.4, 0.5) is 4.39 Å². The fourth-order valence-electron chi connectivity index (χ4n) is 1.93. The number of halogens is 1. The van der Waals surface area contributed by atoms with Crippen molar-refractivity contribution < 1.29 is 14.3 Å². The Bertz CT molecular complexity index is 394. The summed E-state index contributed by atoms with van der Waals surface area (Å²) in [5.41, 5.74) is 0.724. The average Bonchev–Trinajstić information content (AvgIpc) is 2.46. The van der Waals surface area contributed by atoms with E-state index in [-0.39, 0.29) is 17.8 Å². The van der Waals surface area contributed by atoms with Crippen molar-refractivity contribution in [3.05, 3.63) is 35.6 Å². The molecule has 0 aliphatic carbocycles. The van der Waals surface area contributed by atoms with Gasteiger partial charge in [-0.25, -0.2) is 4.39 Å². The summed E-state index contributed by atoms with van der Waals surface area (Å²) < 4.78 is 13.0. The van der Waals surface area contributed by atoms with Crippen LogP contribution in [0.3, 0.4) is 0 Å². The van der Waals surface area contributed by atoms with Gasteiger partial charge in [0.15, 0.2) is 0 Å². The molecule has 15 heavy (non-hydrogen) atoms. The zero-order valence-corrected chi connectivity index (χ0v) is 8.35. The lowest BCUT2D eigenvalue weighted by Crippen LogP contribution is -2.26. The Kier molecular flexibility index (Phi) is 2.44. The van der Waals surface area contributed by atoms with Crippen molar-refractivity contribution in [1.29, 1.82) is 0 Å². The number of aliphatic hydroxyl groups is 1. The molecule has 1 aliphatic rings. The molecule has 1 aromatic carbocycles. The van der Waals surface area contributed by atoms with Crippen LogP contribution in [0, 0.1) is 5.82 Å². The van der Waals surface area contributed by atoms with Crippen molar-refractivity contribution in [3.63, 3.8) is 0 Å². The van der Waals surface area contributed by atoms with E-state index in [1.54, 1.807) is 19.2 Å². The van der Waals surface area contributed by atoms with Crippen LogP contribution >= 0.6 is 0 Å². The number of rotatable bonds is 1. The minimum atomic E-state index is -0.955. The summed E-state index contributed by atoms with van der Waals surface area (Å²) in [4.78, 5) is 12.8. The smallest absolute Gasteiger partial charge is 0.251 e. The van der Waals surface area contributed by atoms with E-state index in [0.29, 0.717) is 6.42 Å². The highest BCUT2D eigenvalue weighted by Gasteiger charge is 2.36. The predicted molar refractivity (Wildman–Crippen MR) is 52.5 cm³/mol. The van der Waals surface area contributed by atoms with Gasteiger partial charge in [-0.3, -0.25) is 4.79 Å². The fourth-order valence-corrected chi connectivity index (χ4v) is 1.93. The third kappa shape index (κ3) is 1.72. The van der Waals surface area contributed by atoms with Gasteiger partial charge < -0.3 is 10.0 Å². The standard InChI is InChI=1S/C11H12FNO2/c1-13-9(6-10(14)11(13)15)7-3-2-4-8(12)5-7/h2-5,9-10,14H,6H2,1H3/t9-,10-/m0/s1. The van der Waals surface area contributed by atoms with E-state index in [0.717, 1.165) is 5.56 Å². The summed E-state index contributed by atoms with van der Waals surface area (Å²) in [6.07, 6.45) is -0.623. The normalized spacial score (nSPS) is 26.1. The number of likely N-dealkylation sites (tertiary alicyclic amines) is 1. The van der Waals surface area contributed by atoms with Crippen LogP contribution in [-0.2, 0) is 4.79 Å². The second-order valence-electron chi connectivity index (χ2n) is 3.77. The van der Waals surface area contributed by atoms with Gasteiger partial charge in [0.05, 0.1) is 6.04 Å². The van der Waals surface area contributed by atoms with Gasteiger partial charge in [0.2, 0.25) is 0 Å². The molecule has 1 heterocycles. The Hall–Kier alpha value is -1.42. The van der Waals surface area contributed by atoms with Crippen LogP contribution < -0.4 is 0 Å². The predicted octanol–water partition coefficient (Wildman–Crippen LogP) is 1.09. The molecule has 0 bridgehead atoms. The lowest BCUT2D eigenvalue weighted by molar-refractivity contribution is -0.134. The number of aliphatic hydroxyl groups excluding tert-OH is 1. The molecule has 3 nitrogen and oxygen atoms in total. The van der Waals surface area contributed by atoms with Gasteiger partial charge >= 0.3 is 0 Å².